The number of carbonyl (C=O) groups is 1. The first-order chi connectivity index (χ1) is 12.1. The van der Waals surface area contributed by atoms with Crippen LogP contribution in [0.25, 0.3) is 0 Å². The van der Waals surface area contributed by atoms with Crippen molar-refractivity contribution in [2.24, 2.45) is 0 Å². The molecule has 1 aromatic heterocycles. The summed E-state index contributed by atoms with van der Waals surface area (Å²) in [4.78, 5) is 12.3. The third kappa shape index (κ3) is 4.30. The summed E-state index contributed by atoms with van der Waals surface area (Å²) in [7, 11) is 0. The van der Waals surface area contributed by atoms with E-state index in [-0.39, 0.29) is 24.2 Å². The van der Waals surface area contributed by atoms with Crippen molar-refractivity contribution in [2.75, 3.05) is 0 Å². The molecule has 0 aliphatic carbocycles. The quantitative estimate of drug-likeness (QED) is 0.725. The molecule has 0 bridgehead atoms. The molecule has 6 heteroatoms. The molecule has 0 radical (unpaired) electrons. The van der Waals surface area contributed by atoms with Gasteiger partial charge in [0.25, 0.3) is 5.91 Å². The fraction of sp³-hybridized carbons (Fsp3) is 0.211. The highest BCUT2D eigenvalue weighted by Gasteiger charge is 2.16. The number of aliphatic hydroxyl groups is 1. The maximum atomic E-state index is 12.3. The molecule has 0 saturated carbocycles. The lowest BCUT2D eigenvalue weighted by Gasteiger charge is -2.13. The standard InChI is InChI=1S/C19H20N4O2/c1-14(15-8-4-2-5-9-15)20-19(25)17-12-23(22-21-17)13-18(24)16-10-6-3-7-11-16/h2-12,14,18,24H,13H2,1H3,(H,20,25)/t14-,18-/m1/s1. The van der Waals surface area contributed by atoms with E-state index in [1.807, 2.05) is 67.6 Å². The molecule has 1 amide bonds. The van der Waals surface area contributed by atoms with Crippen LogP contribution in [0.3, 0.4) is 0 Å². The van der Waals surface area contributed by atoms with Crippen LogP contribution >= 0.6 is 0 Å². The summed E-state index contributed by atoms with van der Waals surface area (Å²) in [6.45, 7) is 2.15. The Morgan fingerprint density at radius 2 is 1.68 bits per heavy atom. The van der Waals surface area contributed by atoms with E-state index in [0.717, 1.165) is 11.1 Å². The van der Waals surface area contributed by atoms with Gasteiger partial charge in [-0.25, -0.2) is 4.68 Å². The Labute approximate surface area is 146 Å². The number of hydrogen-bond acceptors (Lipinski definition) is 4. The van der Waals surface area contributed by atoms with E-state index in [4.69, 9.17) is 0 Å². The summed E-state index contributed by atoms with van der Waals surface area (Å²) in [5, 5.41) is 20.9. The van der Waals surface area contributed by atoms with Crippen molar-refractivity contribution < 1.29 is 9.90 Å². The molecule has 0 saturated heterocycles. The molecule has 2 atom stereocenters. The van der Waals surface area contributed by atoms with E-state index in [1.54, 1.807) is 6.20 Å². The van der Waals surface area contributed by atoms with Gasteiger partial charge in [-0.05, 0) is 18.1 Å². The maximum absolute atomic E-state index is 12.3. The van der Waals surface area contributed by atoms with Crippen LogP contribution in [0.5, 0.6) is 0 Å². The molecule has 0 fully saturated rings. The topological polar surface area (TPSA) is 80.0 Å². The molecular formula is C19H20N4O2. The van der Waals surface area contributed by atoms with E-state index in [1.165, 1.54) is 4.68 Å². The zero-order valence-electron chi connectivity index (χ0n) is 13.9. The Kier molecular flexibility index (Phi) is 5.20. The molecule has 0 aliphatic rings. The summed E-state index contributed by atoms with van der Waals surface area (Å²) in [6, 6.07) is 18.9. The van der Waals surface area contributed by atoms with Crippen molar-refractivity contribution in [3.05, 3.63) is 83.7 Å². The summed E-state index contributed by atoms with van der Waals surface area (Å²) < 4.78 is 1.47. The number of hydrogen-bond donors (Lipinski definition) is 2. The molecule has 2 N–H and O–H groups in total. The number of benzene rings is 2. The Bertz CT molecular complexity index is 818. The van der Waals surface area contributed by atoms with Gasteiger partial charge < -0.3 is 10.4 Å². The SMILES string of the molecule is C[C@@H](NC(=O)c1cn(C[C@@H](O)c2ccccc2)nn1)c1ccccc1. The number of carbonyl (C=O) groups excluding carboxylic acids is 1. The molecule has 6 nitrogen and oxygen atoms in total. The predicted molar refractivity (Wildman–Crippen MR) is 93.7 cm³/mol. The summed E-state index contributed by atoms with van der Waals surface area (Å²) in [5.41, 5.74) is 2.03. The lowest BCUT2D eigenvalue weighted by Crippen LogP contribution is -2.26. The number of amides is 1. The van der Waals surface area contributed by atoms with Crippen molar-refractivity contribution in [3.63, 3.8) is 0 Å². The summed E-state index contributed by atoms with van der Waals surface area (Å²) >= 11 is 0. The Morgan fingerprint density at radius 3 is 2.32 bits per heavy atom. The van der Waals surface area contributed by atoms with Gasteiger partial charge in [-0.2, -0.15) is 0 Å². The fourth-order valence-electron chi connectivity index (χ4n) is 2.55. The molecule has 128 valence electrons. The molecule has 1 heterocycles. The van der Waals surface area contributed by atoms with Gasteiger partial charge in [0.1, 0.15) is 0 Å². The zero-order chi connectivity index (χ0) is 17.6. The third-order valence-corrected chi connectivity index (χ3v) is 3.96. The van der Waals surface area contributed by atoms with Crippen molar-refractivity contribution in [2.45, 2.75) is 25.6 Å². The second-order valence-electron chi connectivity index (χ2n) is 5.86. The fourth-order valence-corrected chi connectivity index (χ4v) is 2.55. The van der Waals surface area contributed by atoms with E-state index in [0.29, 0.717) is 0 Å². The van der Waals surface area contributed by atoms with Gasteiger partial charge in [0.05, 0.1) is 24.9 Å². The van der Waals surface area contributed by atoms with Crippen LogP contribution in [0, 0.1) is 0 Å². The number of nitrogens with zero attached hydrogens (tertiary/aromatic N) is 3. The molecule has 3 aromatic rings. The van der Waals surface area contributed by atoms with Crippen LogP contribution in [0.1, 0.15) is 40.7 Å². The van der Waals surface area contributed by atoms with Crippen molar-refractivity contribution in [3.8, 4) is 0 Å². The zero-order valence-corrected chi connectivity index (χ0v) is 13.9. The average Bonchev–Trinajstić information content (AvgIpc) is 3.12. The highest BCUT2D eigenvalue weighted by atomic mass is 16.3. The number of aromatic nitrogens is 3. The molecular weight excluding hydrogens is 316 g/mol. The summed E-state index contributed by atoms with van der Waals surface area (Å²) in [5.74, 6) is -0.295. The Balaban J connectivity index is 1.62. The smallest absolute Gasteiger partial charge is 0.273 e. The monoisotopic (exact) mass is 336 g/mol. The average molecular weight is 336 g/mol. The van der Waals surface area contributed by atoms with Gasteiger partial charge in [-0.3, -0.25) is 4.79 Å². The minimum atomic E-state index is -0.706. The van der Waals surface area contributed by atoms with Crippen LogP contribution < -0.4 is 5.32 Å². The van der Waals surface area contributed by atoms with Crippen LogP contribution in [0.15, 0.2) is 66.9 Å². The lowest BCUT2D eigenvalue weighted by atomic mass is 10.1. The van der Waals surface area contributed by atoms with Crippen molar-refractivity contribution in [1.82, 2.24) is 20.3 Å². The van der Waals surface area contributed by atoms with Gasteiger partial charge in [-0.15, -0.1) is 5.10 Å². The summed E-state index contributed by atoms with van der Waals surface area (Å²) in [6.07, 6.45) is 0.834. The minimum absolute atomic E-state index is 0.131. The number of rotatable bonds is 6. The second-order valence-corrected chi connectivity index (χ2v) is 5.86. The van der Waals surface area contributed by atoms with E-state index >= 15 is 0 Å². The molecule has 25 heavy (non-hydrogen) atoms. The second kappa shape index (κ2) is 7.72. The molecule has 2 aromatic carbocycles. The van der Waals surface area contributed by atoms with E-state index in [9.17, 15) is 9.90 Å². The highest BCUT2D eigenvalue weighted by Crippen LogP contribution is 2.15. The van der Waals surface area contributed by atoms with Crippen LogP contribution in [-0.4, -0.2) is 26.0 Å². The molecule has 0 unspecified atom stereocenters. The van der Waals surface area contributed by atoms with Gasteiger partial charge >= 0.3 is 0 Å². The number of nitrogens with one attached hydrogen (secondary N) is 1. The van der Waals surface area contributed by atoms with Crippen LogP contribution in [0.4, 0.5) is 0 Å². The highest BCUT2D eigenvalue weighted by molar-refractivity contribution is 5.92. The first kappa shape index (κ1) is 16.9. The molecule has 0 spiro atoms. The first-order valence-corrected chi connectivity index (χ1v) is 8.12. The van der Waals surface area contributed by atoms with Gasteiger partial charge in [0.15, 0.2) is 5.69 Å². The van der Waals surface area contributed by atoms with E-state index < -0.39 is 6.10 Å². The molecule has 3 rings (SSSR count). The Morgan fingerprint density at radius 1 is 1.08 bits per heavy atom. The lowest BCUT2D eigenvalue weighted by molar-refractivity contribution is 0.0934. The maximum Gasteiger partial charge on any atom is 0.273 e. The normalized spacial score (nSPS) is 13.2. The molecule has 0 aliphatic heterocycles. The van der Waals surface area contributed by atoms with Crippen molar-refractivity contribution >= 4 is 5.91 Å². The van der Waals surface area contributed by atoms with Crippen LogP contribution in [-0.2, 0) is 6.54 Å². The minimum Gasteiger partial charge on any atom is -0.386 e. The van der Waals surface area contributed by atoms with Gasteiger partial charge in [0.2, 0.25) is 0 Å². The van der Waals surface area contributed by atoms with Crippen LogP contribution in [0.2, 0.25) is 0 Å². The van der Waals surface area contributed by atoms with E-state index in [2.05, 4.69) is 15.6 Å². The predicted octanol–water partition coefficient (Wildman–Crippen LogP) is 2.50. The Hall–Kier alpha value is -2.99. The first-order valence-electron chi connectivity index (χ1n) is 8.12. The number of aliphatic hydroxyl groups excluding tert-OH is 1. The van der Waals surface area contributed by atoms with Gasteiger partial charge in [0, 0.05) is 0 Å². The third-order valence-electron chi connectivity index (χ3n) is 3.96. The largest absolute Gasteiger partial charge is 0.386 e. The van der Waals surface area contributed by atoms with Crippen molar-refractivity contribution in [1.29, 1.82) is 0 Å². The van der Waals surface area contributed by atoms with Gasteiger partial charge in [-0.1, -0.05) is 65.9 Å².